The fraction of sp³-hybridized carbons (Fsp3) is 0.929. The Morgan fingerprint density at radius 3 is 2.53 bits per heavy atom. The van der Waals surface area contributed by atoms with Crippen molar-refractivity contribution in [2.75, 3.05) is 6.61 Å². The summed E-state index contributed by atoms with van der Waals surface area (Å²) in [5, 5.41) is 9.12. The highest BCUT2D eigenvalue weighted by atomic mass is 16.5. The molecule has 0 bridgehead atoms. The summed E-state index contributed by atoms with van der Waals surface area (Å²) in [6, 6.07) is 0. The van der Waals surface area contributed by atoms with Gasteiger partial charge in [0.15, 0.2) is 0 Å². The maximum atomic E-state index is 11.1. The second-order valence-electron chi connectivity index (χ2n) is 5.55. The van der Waals surface area contributed by atoms with Crippen LogP contribution in [0.25, 0.3) is 0 Å². The first-order valence-electron chi connectivity index (χ1n) is 6.81. The van der Waals surface area contributed by atoms with E-state index in [-0.39, 0.29) is 17.4 Å². The van der Waals surface area contributed by atoms with Gasteiger partial charge in [0.05, 0.1) is 11.5 Å². The van der Waals surface area contributed by atoms with E-state index in [1.54, 1.807) is 0 Å². The van der Waals surface area contributed by atoms with E-state index < -0.39 is 5.97 Å². The summed E-state index contributed by atoms with van der Waals surface area (Å²) in [6.07, 6.45) is 3.96. The number of carbonyl (C=O) groups is 1. The van der Waals surface area contributed by atoms with Crippen molar-refractivity contribution >= 4 is 5.97 Å². The van der Waals surface area contributed by atoms with Crippen molar-refractivity contribution in [2.24, 2.45) is 17.8 Å². The lowest BCUT2D eigenvalue weighted by molar-refractivity contribution is -0.153. The summed E-state index contributed by atoms with van der Waals surface area (Å²) in [5.74, 6) is -0.144. The first-order valence-corrected chi connectivity index (χ1v) is 6.81. The van der Waals surface area contributed by atoms with Crippen molar-refractivity contribution in [3.8, 4) is 0 Å². The molecule has 1 saturated heterocycles. The summed E-state index contributed by atoms with van der Waals surface area (Å²) in [5.41, 5.74) is -0.129. The van der Waals surface area contributed by atoms with Gasteiger partial charge in [-0.3, -0.25) is 4.79 Å². The molecule has 3 nitrogen and oxygen atoms in total. The molecule has 1 N–H and O–H groups in total. The van der Waals surface area contributed by atoms with Crippen LogP contribution in [0.2, 0.25) is 0 Å². The van der Waals surface area contributed by atoms with E-state index >= 15 is 0 Å². The summed E-state index contributed by atoms with van der Waals surface area (Å²) in [7, 11) is 0. The maximum Gasteiger partial charge on any atom is 0.306 e. The Labute approximate surface area is 105 Å². The molecule has 0 aliphatic carbocycles. The molecular weight excluding hydrogens is 216 g/mol. The van der Waals surface area contributed by atoms with Crippen molar-refractivity contribution < 1.29 is 14.6 Å². The predicted molar refractivity (Wildman–Crippen MR) is 68.0 cm³/mol. The Bertz CT molecular complexity index is 260. The zero-order chi connectivity index (χ0) is 13.1. The Kier molecular flexibility index (Phi) is 4.99. The van der Waals surface area contributed by atoms with Crippen LogP contribution in [-0.4, -0.2) is 23.3 Å². The Hall–Kier alpha value is -0.570. The molecule has 0 amide bonds. The van der Waals surface area contributed by atoms with Gasteiger partial charge >= 0.3 is 5.97 Å². The lowest BCUT2D eigenvalue weighted by Crippen LogP contribution is -2.45. The molecule has 0 saturated carbocycles. The zero-order valence-corrected chi connectivity index (χ0v) is 11.5. The summed E-state index contributed by atoms with van der Waals surface area (Å²) >= 11 is 0. The zero-order valence-electron chi connectivity index (χ0n) is 11.5. The molecule has 3 heteroatoms. The number of carboxylic acid groups (broad SMARTS) is 1. The molecule has 17 heavy (non-hydrogen) atoms. The minimum atomic E-state index is -0.677. The highest BCUT2D eigenvalue weighted by Gasteiger charge is 2.41. The molecule has 0 radical (unpaired) electrons. The summed E-state index contributed by atoms with van der Waals surface area (Å²) in [4.78, 5) is 11.1. The Morgan fingerprint density at radius 1 is 1.47 bits per heavy atom. The van der Waals surface area contributed by atoms with Crippen LogP contribution in [0.15, 0.2) is 0 Å². The van der Waals surface area contributed by atoms with Crippen LogP contribution in [0.5, 0.6) is 0 Å². The van der Waals surface area contributed by atoms with Gasteiger partial charge in [-0.05, 0) is 31.6 Å². The van der Waals surface area contributed by atoms with E-state index in [2.05, 4.69) is 20.8 Å². The number of carboxylic acids is 1. The fourth-order valence-corrected chi connectivity index (χ4v) is 3.19. The topological polar surface area (TPSA) is 46.5 Å². The van der Waals surface area contributed by atoms with Gasteiger partial charge in [-0.15, -0.1) is 0 Å². The highest BCUT2D eigenvalue weighted by molar-refractivity contribution is 5.69. The fourth-order valence-electron chi connectivity index (χ4n) is 3.19. The third-order valence-electron chi connectivity index (χ3n) is 4.53. The molecular formula is C14H26O3. The first-order chi connectivity index (χ1) is 7.94. The maximum absolute atomic E-state index is 11.1. The van der Waals surface area contributed by atoms with Crippen LogP contribution < -0.4 is 0 Å². The number of hydrogen-bond donors (Lipinski definition) is 1. The number of hydrogen-bond acceptors (Lipinski definition) is 2. The van der Waals surface area contributed by atoms with E-state index in [0.29, 0.717) is 12.5 Å². The third kappa shape index (κ3) is 3.21. The van der Waals surface area contributed by atoms with Crippen LogP contribution in [0.4, 0.5) is 0 Å². The van der Waals surface area contributed by atoms with Crippen molar-refractivity contribution in [1.29, 1.82) is 0 Å². The minimum Gasteiger partial charge on any atom is -0.481 e. The van der Waals surface area contributed by atoms with Crippen LogP contribution in [0.3, 0.4) is 0 Å². The molecule has 0 aromatic rings. The van der Waals surface area contributed by atoms with Crippen molar-refractivity contribution in [3.05, 3.63) is 0 Å². The van der Waals surface area contributed by atoms with E-state index in [4.69, 9.17) is 9.84 Å². The van der Waals surface area contributed by atoms with Gasteiger partial charge in [-0.25, -0.2) is 0 Å². The van der Waals surface area contributed by atoms with Crippen LogP contribution in [0.1, 0.15) is 53.4 Å². The highest BCUT2D eigenvalue weighted by Crippen LogP contribution is 2.40. The second kappa shape index (κ2) is 5.85. The number of rotatable bonds is 5. The predicted octanol–water partition coefficient (Wildman–Crippen LogP) is 3.33. The monoisotopic (exact) mass is 242 g/mol. The third-order valence-corrected chi connectivity index (χ3v) is 4.53. The molecule has 0 aromatic heterocycles. The molecule has 1 fully saturated rings. The average Bonchev–Trinajstić information content (AvgIpc) is 2.29. The van der Waals surface area contributed by atoms with E-state index in [0.717, 1.165) is 25.7 Å². The number of aliphatic carboxylic acids is 1. The molecule has 1 rings (SSSR count). The van der Waals surface area contributed by atoms with Crippen LogP contribution >= 0.6 is 0 Å². The van der Waals surface area contributed by atoms with Crippen LogP contribution in [-0.2, 0) is 9.53 Å². The van der Waals surface area contributed by atoms with E-state index in [1.165, 1.54) is 0 Å². The van der Waals surface area contributed by atoms with Crippen molar-refractivity contribution in [1.82, 2.24) is 0 Å². The molecule has 0 aromatic carbocycles. The van der Waals surface area contributed by atoms with E-state index in [1.807, 2.05) is 6.92 Å². The normalized spacial score (nSPS) is 31.5. The largest absolute Gasteiger partial charge is 0.481 e. The average molecular weight is 242 g/mol. The van der Waals surface area contributed by atoms with Gasteiger partial charge in [-0.1, -0.05) is 33.6 Å². The van der Waals surface area contributed by atoms with Crippen LogP contribution in [0, 0.1) is 17.8 Å². The molecule has 100 valence electrons. The molecule has 3 unspecified atom stereocenters. The first kappa shape index (κ1) is 14.5. The standard InChI is InChI=1S/C14H26O3/c1-5-12(6-2)14(4)9-11(7-8-17-14)10(3)13(15)16/h10-12H,5-9H2,1-4H3,(H,15,16). The van der Waals surface area contributed by atoms with Gasteiger partial charge in [0, 0.05) is 6.61 Å². The number of ether oxygens (including phenoxy) is 1. The Balaban J connectivity index is 2.73. The lowest BCUT2D eigenvalue weighted by Gasteiger charge is -2.44. The second-order valence-corrected chi connectivity index (χ2v) is 5.55. The van der Waals surface area contributed by atoms with E-state index in [9.17, 15) is 4.79 Å². The molecule has 0 spiro atoms. The van der Waals surface area contributed by atoms with Gasteiger partial charge in [0.1, 0.15) is 0 Å². The Morgan fingerprint density at radius 2 is 2.06 bits per heavy atom. The van der Waals surface area contributed by atoms with Gasteiger partial charge < -0.3 is 9.84 Å². The minimum absolute atomic E-state index is 0.129. The SMILES string of the molecule is CCC(CC)C1(C)CC(C(C)C(=O)O)CCO1. The molecule has 1 aliphatic heterocycles. The molecule has 1 heterocycles. The van der Waals surface area contributed by atoms with Gasteiger partial charge in [-0.2, -0.15) is 0 Å². The lowest BCUT2D eigenvalue weighted by atomic mass is 9.73. The van der Waals surface area contributed by atoms with Gasteiger partial charge in [0.2, 0.25) is 0 Å². The van der Waals surface area contributed by atoms with Crippen molar-refractivity contribution in [3.63, 3.8) is 0 Å². The summed E-state index contributed by atoms with van der Waals surface area (Å²) in [6.45, 7) is 9.06. The molecule has 1 aliphatic rings. The van der Waals surface area contributed by atoms with Gasteiger partial charge in [0.25, 0.3) is 0 Å². The molecule has 3 atom stereocenters. The summed E-state index contributed by atoms with van der Waals surface area (Å²) < 4.78 is 5.98. The smallest absolute Gasteiger partial charge is 0.306 e. The van der Waals surface area contributed by atoms with Crippen molar-refractivity contribution in [2.45, 2.75) is 59.0 Å². The quantitative estimate of drug-likeness (QED) is 0.804.